The van der Waals surface area contributed by atoms with Crippen LogP contribution in [0.15, 0.2) is 48.5 Å². The normalized spacial score (nSPS) is 19.7. The van der Waals surface area contributed by atoms with Crippen molar-refractivity contribution in [2.45, 2.75) is 18.6 Å². The van der Waals surface area contributed by atoms with Crippen LogP contribution in [0.25, 0.3) is 0 Å². The van der Waals surface area contributed by atoms with Crippen LogP contribution in [-0.2, 0) is 19.8 Å². The summed E-state index contributed by atoms with van der Waals surface area (Å²) in [6.45, 7) is 0.307. The number of rotatable bonds is 6. The Kier molecular flexibility index (Phi) is 6.59. The van der Waals surface area contributed by atoms with Crippen LogP contribution >= 0.6 is 23.2 Å². The molecule has 1 aliphatic heterocycles. The van der Waals surface area contributed by atoms with E-state index in [1.54, 1.807) is 36.4 Å². The van der Waals surface area contributed by atoms with E-state index < -0.39 is 28.3 Å². The van der Waals surface area contributed by atoms with Gasteiger partial charge in [-0.05, 0) is 42.3 Å². The highest BCUT2D eigenvalue weighted by Gasteiger charge is 2.41. The third kappa shape index (κ3) is 4.65. The predicted molar refractivity (Wildman–Crippen MR) is 105 cm³/mol. The standard InChI is InChI=1S/C18H18Cl2N2O5S/c1-26-22(28(24,25)21-18(23)12-5-3-2-4-6-12)16-7-8-27-17(16)13-9-14(19)11-15(20)10-13/h2-6,9-11,16-17H,7-8H2,1H3,(H,21,23). The van der Waals surface area contributed by atoms with Gasteiger partial charge in [-0.3, -0.25) is 9.63 Å². The monoisotopic (exact) mass is 444 g/mol. The number of nitrogens with zero attached hydrogens (tertiary/aromatic N) is 1. The number of carbonyl (C=O) groups is 1. The van der Waals surface area contributed by atoms with Gasteiger partial charge in [-0.25, -0.2) is 4.72 Å². The van der Waals surface area contributed by atoms with Crippen LogP contribution in [0.1, 0.15) is 28.4 Å². The lowest BCUT2D eigenvalue weighted by Crippen LogP contribution is -2.48. The number of ether oxygens (including phenoxy) is 1. The second-order valence-electron chi connectivity index (χ2n) is 6.09. The number of carbonyl (C=O) groups excluding carboxylic acids is 1. The molecule has 150 valence electrons. The number of hydrogen-bond donors (Lipinski definition) is 1. The molecule has 2 atom stereocenters. The van der Waals surface area contributed by atoms with Crippen molar-refractivity contribution in [1.82, 2.24) is 9.19 Å². The fourth-order valence-corrected chi connectivity index (χ4v) is 4.83. The maximum atomic E-state index is 12.8. The average Bonchev–Trinajstić information content (AvgIpc) is 3.11. The van der Waals surface area contributed by atoms with E-state index >= 15 is 0 Å². The van der Waals surface area contributed by atoms with E-state index in [4.69, 9.17) is 32.8 Å². The van der Waals surface area contributed by atoms with Crippen molar-refractivity contribution in [3.63, 3.8) is 0 Å². The van der Waals surface area contributed by atoms with Gasteiger partial charge in [0.1, 0.15) is 6.10 Å². The second-order valence-corrected chi connectivity index (χ2v) is 8.48. The third-order valence-electron chi connectivity index (χ3n) is 4.22. The fourth-order valence-electron chi connectivity index (χ4n) is 3.07. The van der Waals surface area contributed by atoms with Gasteiger partial charge >= 0.3 is 10.2 Å². The Morgan fingerprint density at radius 1 is 1.18 bits per heavy atom. The van der Waals surface area contributed by atoms with Gasteiger partial charge in [0, 0.05) is 22.2 Å². The maximum absolute atomic E-state index is 12.8. The molecule has 0 radical (unpaired) electrons. The summed E-state index contributed by atoms with van der Waals surface area (Å²) in [7, 11) is -3.08. The van der Waals surface area contributed by atoms with E-state index in [1.807, 2.05) is 4.72 Å². The summed E-state index contributed by atoms with van der Waals surface area (Å²) in [5.41, 5.74) is 0.828. The first-order valence-electron chi connectivity index (χ1n) is 8.35. The Morgan fingerprint density at radius 2 is 1.82 bits per heavy atom. The molecule has 0 spiro atoms. The number of hydroxylamine groups is 1. The molecule has 28 heavy (non-hydrogen) atoms. The summed E-state index contributed by atoms with van der Waals surface area (Å²) in [5, 5.41) is 0.807. The Labute approximate surface area is 173 Å². The van der Waals surface area contributed by atoms with Crippen molar-refractivity contribution >= 4 is 39.3 Å². The summed E-state index contributed by atoms with van der Waals surface area (Å²) in [4.78, 5) is 17.4. The first-order chi connectivity index (χ1) is 13.3. The van der Waals surface area contributed by atoms with Crippen molar-refractivity contribution in [1.29, 1.82) is 0 Å². The SMILES string of the molecule is CON(C1CCOC1c1cc(Cl)cc(Cl)c1)S(=O)(=O)NC(=O)c1ccccc1. The van der Waals surface area contributed by atoms with Gasteiger partial charge in [-0.2, -0.15) is 8.42 Å². The number of benzene rings is 2. The van der Waals surface area contributed by atoms with Crippen LogP contribution < -0.4 is 4.72 Å². The molecule has 0 saturated carbocycles. The lowest BCUT2D eigenvalue weighted by atomic mass is 10.0. The Balaban J connectivity index is 1.85. The van der Waals surface area contributed by atoms with E-state index in [-0.39, 0.29) is 5.56 Å². The van der Waals surface area contributed by atoms with E-state index in [2.05, 4.69) is 0 Å². The summed E-state index contributed by atoms with van der Waals surface area (Å²) in [5.74, 6) is -0.760. The number of hydrogen-bond acceptors (Lipinski definition) is 5. The highest BCUT2D eigenvalue weighted by atomic mass is 35.5. The number of amides is 1. The zero-order valence-corrected chi connectivity index (χ0v) is 17.2. The van der Waals surface area contributed by atoms with Crippen LogP contribution in [0.5, 0.6) is 0 Å². The molecule has 0 aromatic heterocycles. The number of nitrogens with one attached hydrogen (secondary N) is 1. The van der Waals surface area contributed by atoms with Crippen molar-refractivity contribution < 1.29 is 22.8 Å². The highest BCUT2D eigenvalue weighted by Crippen LogP contribution is 2.36. The van der Waals surface area contributed by atoms with Gasteiger partial charge in [-0.1, -0.05) is 45.9 Å². The van der Waals surface area contributed by atoms with Crippen LogP contribution in [0, 0.1) is 0 Å². The molecule has 1 fully saturated rings. The molecule has 1 amide bonds. The van der Waals surface area contributed by atoms with E-state index in [0.717, 1.165) is 4.47 Å². The van der Waals surface area contributed by atoms with Crippen LogP contribution in [-0.4, -0.2) is 38.6 Å². The minimum Gasteiger partial charge on any atom is -0.372 e. The van der Waals surface area contributed by atoms with E-state index in [9.17, 15) is 13.2 Å². The van der Waals surface area contributed by atoms with E-state index in [0.29, 0.717) is 28.6 Å². The molecule has 2 aromatic carbocycles. The molecule has 1 saturated heterocycles. The molecule has 3 rings (SSSR count). The summed E-state index contributed by atoms with van der Waals surface area (Å²) >= 11 is 12.1. The molecule has 1 heterocycles. The molecule has 2 aromatic rings. The minimum absolute atomic E-state index is 0.211. The summed E-state index contributed by atoms with van der Waals surface area (Å²) in [6, 6.07) is 12.2. The van der Waals surface area contributed by atoms with Crippen molar-refractivity contribution in [2.75, 3.05) is 13.7 Å². The Morgan fingerprint density at radius 3 is 2.43 bits per heavy atom. The Bertz CT molecular complexity index is 935. The third-order valence-corrected chi connectivity index (χ3v) is 5.99. The molecule has 10 heteroatoms. The largest absolute Gasteiger partial charge is 0.372 e. The van der Waals surface area contributed by atoms with Gasteiger partial charge in [-0.15, -0.1) is 0 Å². The first kappa shape index (κ1) is 21.0. The molecule has 1 N–H and O–H groups in total. The average molecular weight is 445 g/mol. The molecule has 0 bridgehead atoms. The van der Waals surface area contributed by atoms with Crippen LogP contribution in [0.3, 0.4) is 0 Å². The van der Waals surface area contributed by atoms with Gasteiger partial charge in [0.15, 0.2) is 0 Å². The van der Waals surface area contributed by atoms with Gasteiger partial charge in [0.2, 0.25) is 0 Å². The van der Waals surface area contributed by atoms with E-state index in [1.165, 1.54) is 19.2 Å². The molecular formula is C18H18Cl2N2O5S. The molecule has 2 unspecified atom stereocenters. The van der Waals surface area contributed by atoms with Crippen LogP contribution in [0.2, 0.25) is 10.0 Å². The topological polar surface area (TPSA) is 84.9 Å². The molecule has 0 aliphatic carbocycles. The highest BCUT2D eigenvalue weighted by molar-refractivity contribution is 7.87. The van der Waals surface area contributed by atoms with Gasteiger partial charge in [0.25, 0.3) is 5.91 Å². The zero-order chi connectivity index (χ0) is 20.3. The lowest BCUT2D eigenvalue weighted by molar-refractivity contribution is -0.0984. The molecule has 1 aliphatic rings. The maximum Gasteiger partial charge on any atom is 0.326 e. The lowest BCUT2D eigenvalue weighted by Gasteiger charge is -2.29. The van der Waals surface area contributed by atoms with Gasteiger partial charge in [0.05, 0.1) is 13.2 Å². The predicted octanol–water partition coefficient (Wildman–Crippen LogP) is 3.36. The Hall–Kier alpha value is -1.68. The first-order valence-corrected chi connectivity index (χ1v) is 10.5. The van der Waals surface area contributed by atoms with Crippen molar-refractivity contribution in [3.05, 3.63) is 69.7 Å². The minimum atomic E-state index is -4.30. The summed E-state index contributed by atoms with van der Waals surface area (Å²) in [6.07, 6.45) is -0.289. The smallest absolute Gasteiger partial charge is 0.326 e. The fraction of sp³-hybridized carbons (Fsp3) is 0.278. The quantitative estimate of drug-likeness (QED) is 0.690. The number of halogens is 2. The molecule has 7 nitrogen and oxygen atoms in total. The van der Waals surface area contributed by atoms with Crippen molar-refractivity contribution in [3.8, 4) is 0 Å². The van der Waals surface area contributed by atoms with Crippen molar-refractivity contribution in [2.24, 2.45) is 0 Å². The molecular weight excluding hydrogens is 427 g/mol. The zero-order valence-electron chi connectivity index (χ0n) is 14.8. The second kappa shape index (κ2) is 8.77. The van der Waals surface area contributed by atoms with Gasteiger partial charge < -0.3 is 4.74 Å². The summed E-state index contributed by atoms with van der Waals surface area (Å²) < 4.78 is 34.1. The van der Waals surface area contributed by atoms with Crippen LogP contribution in [0.4, 0.5) is 0 Å².